The van der Waals surface area contributed by atoms with E-state index in [-0.39, 0.29) is 17.7 Å². The molecule has 2 aliphatic rings. The third kappa shape index (κ3) is 3.57. The van der Waals surface area contributed by atoms with Crippen molar-refractivity contribution in [2.75, 3.05) is 45.2 Å². The summed E-state index contributed by atoms with van der Waals surface area (Å²) in [4.78, 5) is 40.8. The fraction of sp³-hybridized carbons (Fsp3) is 0.455. The highest BCUT2D eigenvalue weighted by atomic mass is 16.2. The standard InChI is InChI=1S/C22H27N5O2/c1-25(2)21(29)22-9-6-12-26(20(28)17-7-5-10-23-13-17)14-18(22)15-27(16-22)19-8-3-4-11-24-19/h3-5,7-8,10-11,13,18H,6,9,12,14-16H2,1-2H3/t18-,22-/m0/s1. The largest absolute Gasteiger partial charge is 0.355 e. The molecule has 2 aromatic heterocycles. The minimum absolute atomic E-state index is 0.0116. The van der Waals surface area contributed by atoms with Gasteiger partial charge in [-0.15, -0.1) is 0 Å². The Morgan fingerprint density at radius 2 is 2.00 bits per heavy atom. The molecular formula is C22H27N5O2. The Bertz CT molecular complexity index is 873. The smallest absolute Gasteiger partial charge is 0.255 e. The molecule has 7 nitrogen and oxygen atoms in total. The Hall–Kier alpha value is -2.96. The predicted octanol–water partition coefficient (Wildman–Crippen LogP) is 1.92. The van der Waals surface area contributed by atoms with Crippen LogP contribution >= 0.6 is 0 Å². The predicted molar refractivity (Wildman–Crippen MR) is 110 cm³/mol. The van der Waals surface area contributed by atoms with Gasteiger partial charge < -0.3 is 14.7 Å². The van der Waals surface area contributed by atoms with Gasteiger partial charge in [-0.05, 0) is 37.1 Å². The highest BCUT2D eigenvalue weighted by Gasteiger charge is 2.54. The molecule has 0 N–H and O–H groups in total. The van der Waals surface area contributed by atoms with Crippen molar-refractivity contribution in [1.82, 2.24) is 19.8 Å². The van der Waals surface area contributed by atoms with Crippen LogP contribution in [0.5, 0.6) is 0 Å². The number of pyridine rings is 2. The van der Waals surface area contributed by atoms with Crippen molar-refractivity contribution in [2.45, 2.75) is 12.8 Å². The number of hydrogen-bond donors (Lipinski definition) is 0. The topological polar surface area (TPSA) is 69.6 Å². The van der Waals surface area contributed by atoms with Gasteiger partial charge in [-0.25, -0.2) is 4.98 Å². The molecule has 2 atom stereocenters. The zero-order valence-electron chi connectivity index (χ0n) is 17.0. The molecule has 0 bridgehead atoms. The molecule has 0 radical (unpaired) electrons. The molecule has 0 spiro atoms. The lowest BCUT2D eigenvalue weighted by atomic mass is 9.74. The summed E-state index contributed by atoms with van der Waals surface area (Å²) in [7, 11) is 3.64. The van der Waals surface area contributed by atoms with Gasteiger partial charge in [-0.2, -0.15) is 0 Å². The molecule has 4 rings (SSSR count). The molecule has 0 aromatic carbocycles. The summed E-state index contributed by atoms with van der Waals surface area (Å²) in [5.74, 6) is 1.08. The molecule has 2 saturated heterocycles. The molecular weight excluding hydrogens is 366 g/mol. The third-order valence-electron chi connectivity index (χ3n) is 6.19. The van der Waals surface area contributed by atoms with Crippen molar-refractivity contribution in [2.24, 2.45) is 11.3 Å². The number of amides is 2. The van der Waals surface area contributed by atoms with Gasteiger partial charge in [-0.1, -0.05) is 6.07 Å². The van der Waals surface area contributed by atoms with Gasteiger partial charge in [-0.3, -0.25) is 14.6 Å². The van der Waals surface area contributed by atoms with E-state index < -0.39 is 5.41 Å². The molecule has 7 heteroatoms. The minimum Gasteiger partial charge on any atom is -0.355 e. The van der Waals surface area contributed by atoms with Crippen molar-refractivity contribution in [3.8, 4) is 0 Å². The van der Waals surface area contributed by atoms with Gasteiger partial charge in [0, 0.05) is 64.8 Å². The first-order valence-corrected chi connectivity index (χ1v) is 10.1. The van der Waals surface area contributed by atoms with Gasteiger partial charge in [0.25, 0.3) is 5.91 Å². The average molecular weight is 393 g/mol. The van der Waals surface area contributed by atoms with E-state index in [1.807, 2.05) is 37.2 Å². The summed E-state index contributed by atoms with van der Waals surface area (Å²) in [6, 6.07) is 9.43. The summed E-state index contributed by atoms with van der Waals surface area (Å²) in [5.41, 5.74) is 0.101. The van der Waals surface area contributed by atoms with Crippen LogP contribution in [0.15, 0.2) is 48.9 Å². The van der Waals surface area contributed by atoms with E-state index in [0.717, 1.165) is 18.7 Å². The third-order valence-corrected chi connectivity index (χ3v) is 6.19. The number of carbonyl (C=O) groups is 2. The summed E-state index contributed by atoms with van der Waals surface area (Å²) < 4.78 is 0. The van der Waals surface area contributed by atoms with Crippen LogP contribution in [0.2, 0.25) is 0 Å². The fourth-order valence-corrected chi connectivity index (χ4v) is 4.80. The summed E-state index contributed by atoms with van der Waals surface area (Å²) >= 11 is 0. The summed E-state index contributed by atoms with van der Waals surface area (Å²) in [6.07, 6.45) is 6.64. The molecule has 0 aliphatic carbocycles. The van der Waals surface area contributed by atoms with Crippen molar-refractivity contribution < 1.29 is 9.59 Å². The van der Waals surface area contributed by atoms with Gasteiger partial charge in [0.05, 0.1) is 11.0 Å². The highest BCUT2D eigenvalue weighted by Crippen LogP contribution is 2.45. The number of nitrogens with zero attached hydrogens (tertiary/aromatic N) is 5. The van der Waals surface area contributed by atoms with Gasteiger partial charge in [0.1, 0.15) is 5.82 Å². The van der Waals surface area contributed by atoms with Crippen LogP contribution < -0.4 is 4.90 Å². The highest BCUT2D eigenvalue weighted by molar-refractivity contribution is 5.94. The number of rotatable bonds is 3. The molecule has 29 heavy (non-hydrogen) atoms. The monoisotopic (exact) mass is 393 g/mol. The van der Waals surface area contributed by atoms with E-state index in [2.05, 4.69) is 14.9 Å². The Labute approximate surface area is 171 Å². The first-order valence-electron chi connectivity index (χ1n) is 10.1. The molecule has 2 amide bonds. The molecule has 152 valence electrons. The number of aromatic nitrogens is 2. The maximum Gasteiger partial charge on any atom is 0.255 e. The maximum absolute atomic E-state index is 13.3. The lowest BCUT2D eigenvalue weighted by molar-refractivity contribution is -0.141. The fourth-order valence-electron chi connectivity index (χ4n) is 4.80. The van der Waals surface area contributed by atoms with E-state index in [1.54, 1.807) is 35.6 Å². The number of anilines is 1. The molecule has 0 unspecified atom stereocenters. The molecule has 2 aromatic rings. The Kier molecular flexibility index (Phi) is 5.22. The lowest BCUT2D eigenvalue weighted by Crippen LogP contribution is -2.47. The Morgan fingerprint density at radius 3 is 2.69 bits per heavy atom. The first kappa shape index (κ1) is 19.4. The lowest BCUT2D eigenvalue weighted by Gasteiger charge is -2.34. The molecule has 0 saturated carbocycles. The second-order valence-corrected chi connectivity index (χ2v) is 8.22. The molecule has 4 heterocycles. The van der Waals surface area contributed by atoms with E-state index in [9.17, 15) is 9.59 Å². The quantitative estimate of drug-likeness (QED) is 0.797. The second kappa shape index (κ2) is 7.81. The molecule has 2 aliphatic heterocycles. The van der Waals surface area contributed by atoms with Crippen LogP contribution in [0, 0.1) is 11.3 Å². The normalized spacial score (nSPS) is 24.0. The van der Waals surface area contributed by atoms with Crippen LogP contribution in [0.4, 0.5) is 5.82 Å². The van der Waals surface area contributed by atoms with Crippen molar-refractivity contribution in [3.05, 3.63) is 54.5 Å². The number of hydrogen-bond acceptors (Lipinski definition) is 5. The number of likely N-dealkylation sites (tertiary alicyclic amines) is 1. The zero-order chi connectivity index (χ0) is 20.4. The van der Waals surface area contributed by atoms with E-state index >= 15 is 0 Å². The Morgan fingerprint density at radius 1 is 1.14 bits per heavy atom. The van der Waals surface area contributed by atoms with Crippen molar-refractivity contribution in [3.63, 3.8) is 0 Å². The van der Waals surface area contributed by atoms with E-state index in [4.69, 9.17) is 0 Å². The molecule has 2 fully saturated rings. The minimum atomic E-state index is -0.495. The average Bonchev–Trinajstić information content (AvgIpc) is 3.02. The van der Waals surface area contributed by atoms with Crippen LogP contribution in [-0.2, 0) is 4.79 Å². The van der Waals surface area contributed by atoms with E-state index in [1.165, 1.54) is 0 Å². The van der Waals surface area contributed by atoms with Gasteiger partial charge >= 0.3 is 0 Å². The summed E-state index contributed by atoms with van der Waals surface area (Å²) in [5, 5.41) is 0. The zero-order valence-corrected chi connectivity index (χ0v) is 17.0. The van der Waals surface area contributed by atoms with E-state index in [0.29, 0.717) is 31.7 Å². The van der Waals surface area contributed by atoms with Gasteiger partial charge in [0.15, 0.2) is 0 Å². The van der Waals surface area contributed by atoms with Crippen LogP contribution in [0.3, 0.4) is 0 Å². The van der Waals surface area contributed by atoms with Crippen molar-refractivity contribution >= 4 is 17.6 Å². The summed E-state index contributed by atoms with van der Waals surface area (Å²) in [6.45, 7) is 2.58. The Balaban J connectivity index is 1.64. The van der Waals surface area contributed by atoms with Gasteiger partial charge in [0.2, 0.25) is 5.91 Å². The number of fused-ring (bicyclic) bond motifs is 1. The SMILES string of the molecule is CN(C)C(=O)[C@]12CCCN(C(=O)c3cccnc3)C[C@H]1CN(c1ccccn1)C2. The van der Waals surface area contributed by atoms with Crippen LogP contribution in [0.1, 0.15) is 23.2 Å². The van der Waals surface area contributed by atoms with Crippen molar-refractivity contribution in [1.29, 1.82) is 0 Å². The van der Waals surface area contributed by atoms with Crippen LogP contribution in [0.25, 0.3) is 0 Å². The van der Waals surface area contributed by atoms with Crippen LogP contribution in [-0.4, -0.2) is 71.9 Å². The first-order chi connectivity index (χ1) is 14.0. The second-order valence-electron chi connectivity index (χ2n) is 8.22. The maximum atomic E-state index is 13.3. The number of carbonyl (C=O) groups excluding carboxylic acids is 2.